The van der Waals surface area contributed by atoms with Crippen LogP contribution in [0.5, 0.6) is 0 Å². The first-order valence-electron chi connectivity index (χ1n) is 5.96. The molecule has 0 aliphatic heterocycles. The summed E-state index contributed by atoms with van der Waals surface area (Å²) in [6.45, 7) is 4.88. The molecule has 4 atom stereocenters. The summed E-state index contributed by atoms with van der Waals surface area (Å²) in [4.78, 5) is 35.6. The van der Waals surface area contributed by atoms with Crippen molar-refractivity contribution in [3.63, 3.8) is 0 Å². The van der Waals surface area contributed by atoms with Crippen LogP contribution in [0.4, 0.5) is 0 Å². The predicted octanol–water partition coefficient (Wildman–Crippen LogP) is 0.393. The fraction of sp³-hybridized carbons (Fsp3) is 0.615. The quantitative estimate of drug-likeness (QED) is 0.426. The number of ketones is 1. The van der Waals surface area contributed by atoms with Crippen molar-refractivity contribution < 1.29 is 29.3 Å². The van der Waals surface area contributed by atoms with E-state index in [-0.39, 0.29) is 12.8 Å². The van der Waals surface area contributed by atoms with Crippen LogP contribution in [0.25, 0.3) is 0 Å². The van der Waals surface area contributed by atoms with E-state index in [4.69, 9.17) is 0 Å². The maximum atomic E-state index is 12.2. The van der Waals surface area contributed by atoms with E-state index in [0.717, 1.165) is 7.11 Å². The number of hydrogen-bond acceptors (Lipinski definition) is 5. The van der Waals surface area contributed by atoms with Gasteiger partial charge < -0.3 is 14.9 Å². The Morgan fingerprint density at radius 2 is 2.21 bits per heavy atom. The van der Waals surface area contributed by atoms with Gasteiger partial charge in [0.1, 0.15) is 5.41 Å². The molecule has 0 spiro atoms. The van der Waals surface area contributed by atoms with E-state index in [1.54, 1.807) is 0 Å². The lowest BCUT2D eigenvalue weighted by atomic mass is 9.71. The number of aliphatic carboxylic acids is 1. The van der Waals surface area contributed by atoms with E-state index in [1.807, 2.05) is 0 Å². The number of ether oxygens (including phenoxy) is 1. The van der Waals surface area contributed by atoms with Crippen LogP contribution in [0.2, 0.25) is 0 Å². The first-order valence-corrected chi connectivity index (χ1v) is 5.96. The number of esters is 1. The Bertz CT molecular complexity index is 413. The minimum absolute atomic E-state index is 0.112. The highest BCUT2D eigenvalue weighted by atomic mass is 16.5. The van der Waals surface area contributed by atoms with Crippen LogP contribution in [-0.4, -0.2) is 41.1 Å². The standard InChI is InChI=1S/C13H18O6/c1-4-5-13(12(18)19-3)9(15)6-8(7(2)14)10(13)11(16)17/h4,7-8,10,14H,1,5-6H2,2-3H3,(H,16,17)/t7?,8-,10+,13?/m0/s1. The molecule has 0 aromatic carbocycles. The lowest BCUT2D eigenvalue weighted by Gasteiger charge is -2.30. The second-order valence-electron chi connectivity index (χ2n) is 4.80. The molecule has 1 aliphatic carbocycles. The fourth-order valence-corrected chi connectivity index (χ4v) is 2.87. The van der Waals surface area contributed by atoms with Crippen LogP contribution in [0.15, 0.2) is 12.7 Å². The van der Waals surface area contributed by atoms with Gasteiger partial charge in [-0.2, -0.15) is 0 Å². The number of hydrogen-bond donors (Lipinski definition) is 2. The minimum atomic E-state index is -1.77. The molecule has 0 amide bonds. The second-order valence-corrected chi connectivity index (χ2v) is 4.80. The second kappa shape index (κ2) is 5.52. The summed E-state index contributed by atoms with van der Waals surface area (Å²) < 4.78 is 4.62. The van der Waals surface area contributed by atoms with E-state index >= 15 is 0 Å². The topological polar surface area (TPSA) is 101 Å². The van der Waals surface area contributed by atoms with E-state index in [9.17, 15) is 24.6 Å². The molecule has 1 saturated carbocycles. The number of carbonyl (C=O) groups is 3. The maximum Gasteiger partial charge on any atom is 0.320 e. The number of aliphatic hydroxyl groups excluding tert-OH is 1. The summed E-state index contributed by atoms with van der Waals surface area (Å²) in [5, 5.41) is 19.0. The summed E-state index contributed by atoms with van der Waals surface area (Å²) in [6, 6.07) is 0. The molecular formula is C13H18O6. The van der Waals surface area contributed by atoms with Gasteiger partial charge in [-0.15, -0.1) is 6.58 Å². The zero-order chi connectivity index (χ0) is 14.8. The maximum absolute atomic E-state index is 12.2. The minimum Gasteiger partial charge on any atom is -0.481 e. The molecule has 1 fully saturated rings. The normalized spacial score (nSPS) is 31.8. The smallest absolute Gasteiger partial charge is 0.320 e. The molecule has 0 bridgehead atoms. The molecule has 0 aromatic heterocycles. The molecule has 1 aliphatic rings. The fourth-order valence-electron chi connectivity index (χ4n) is 2.87. The van der Waals surface area contributed by atoms with Crippen LogP contribution < -0.4 is 0 Å². The molecule has 19 heavy (non-hydrogen) atoms. The first kappa shape index (κ1) is 15.4. The summed E-state index contributed by atoms with van der Waals surface area (Å²) in [5.74, 6) is -4.79. The van der Waals surface area contributed by atoms with Crippen molar-refractivity contribution in [2.45, 2.75) is 25.9 Å². The van der Waals surface area contributed by atoms with Crippen molar-refractivity contribution in [2.75, 3.05) is 7.11 Å². The Morgan fingerprint density at radius 1 is 1.63 bits per heavy atom. The molecule has 106 valence electrons. The molecule has 2 N–H and O–H groups in total. The van der Waals surface area contributed by atoms with Crippen molar-refractivity contribution in [3.8, 4) is 0 Å². The van der Waals surface area contributed by atoms with Crippen LogP contribution in [-0.2, 0) is 19.1 Å². The van der Waals surface area contributed by atoms with Gasteiger partial charge in [0, 0.05) is 12.3 Å². The van der Waals surface area contributed by atoms with E-state index < -0.39 is 41.1 Å². The van der Waals surface area contributed by atoms with Gasteiger partial charge >= 0.3 is 11.9 Å². The Kier molecular flexibility index (Phi) is 4.47. The third kappa shape index (κ3) is 2.28. The van der Waals surface area contributed by atoms with Crippen molar-refractivity contribution in [3.05, 3.63) is 12.7 Å². The highest BCUT2D eigenvalue weighted by Crippen LogP contribution is 2.49. The Balaban J connectivity index is 3.39. The summed E-state index contributed by atoms with van der Waals surface area (Å²) in [7, 11) is 1.11. The number of carboxylic acid groups (broad SMARTS) is 1. The molecule has 0 saturated heterocycles. The summed E-state index contributed by atoms with van der Waals surface area (Å²) in [6.07, 6.45) is 0.0623. The van der Waals surface area contributed by atoms with Crippen molar-refractivity contribution in [1.29, 1.82) is 0 Å². The van der Waals surface area contributed by atoms with Gasteiger partial charge in [0.2, 0.25) is 0 Å². The first-order chi connectivity index (χ1) is 8.82. The number of Topliss-reactive ketones (excluding diaryl/α,β-unsaturated/α-hetero) is 1. The zero-order valence-electron chi connectivity index (χ0n) is 11.0. The largest absolute Gasteiger partial charge is 0.481 e. The monoisotopic (exact) mass is 270 g/mol. The van der Waals surface area contributed by atoms with E-state index in [0.29, 0.717) is 0 Å². The number of carbonyl (C=O) groups excluding carboxylic acids is 2. The number of rotatable bonds is 5. The van der Waals surface area contributed by atoms with E-state index in [2.05, 4.69) is 11.3 Å². The van der Waals surface area contributed by atoms with Gasteiger partial charge in [0.15, 0.2) is 5.78 Å². The number of allylic oxidation sites excluding steroid dienone is 1. The predicted molar refractivity (Wildman–Crippen MR) is 65.2 cm³/mol. The lowest BCUT2D eigenvalue weighted by molar-refractivity contribution is -0.168. The lowest BCUT2D eigenvalue weighted by Crippen LogP contribution is -2.46. The van der Waals surface area contributed by atoms with Crippen molar-refractivity contribution >= 4 is 17.7 Å². The van der Waals surface area contributed by atoms with Crippen LogP contribution in [0, 0.1) is 17.3 Å². The molecule has 0 aromatic rings. The van der Waals surface area contributed by atoms with Crippen LogP contribution in [0.1, 0.15) is 19.8 Å². The van der Waals surface area contributed by atoms with Gasteiger partial charge in [0.05, 0.1) is 19.1 Å². The van der Waals surface area contributed by atoms with Crippen molar-refractivity contribution in [1.82, 2.24) is 0 Å². The van der Waals surface area contributed by atoms with Gasteiger partial charge in [-0.1, -0.05) is 6.08 Å². The molecule has 0 radical (unpaired) electrons. The van der Waals surface area contributed by atoms with Gasteiger partial charge in [-0.05, 0) is 13.3 Å². The molecule has 6 nitrogen and oxygen atoms in total. The Morgan fingerprint density at radius 3 is 2.58 bits per heavy atom. The van der Waals surface area contributed by atoms with Gasteiger partial charge in [-0.25, -0.2) is 0 Å². The van der Waals surface area contributed by atoms with Crippen molar-refractivity contribution in [2.24, 2.45) is 17.3 Å². The number of aliphatic hydroxyl groups is 1. The summed E-state index contributed by atoms with van der Waals surface area (Å²) >= 11 is 0. The molecule has 1 rings (SSSR count). The highest BCUT2D eigenvalue weighted by molar-refractivity contribution is 6.09. The number of carboxylic acids is 1. The van der Waals surface area contributed by atoms with Gasteiger partial charge in [0.25, 0.3) is 0 Å². The zero-order valence-corrected chi connectivity index (χ0v) is 11.0. The molecule has 2 unspecified atom stereocenters. The van der Waals surface area contributed by atoms with Crippen LogP contribution >= 0.6 is 0 Å². The third-order valence-corrected chi connectivity index (χ3v) is 3.78. The number of methoxy groups -OCH3 is 1. The van der Waals surface area contributed by atoms with Gasteiger partial charge in [-0.3, -0.25) is 14.4 Å². The van der Waals surface area contributed by atoms with E-state index in [1.165, 1.54) is 13.0 Å². The average Bonchev–Trinajstić information content (AvgIpc) is 2.63. The third-order valence-electron chi connectivity index (χ3n) is 3.78. The Labute approximate surface area is 111 Å². The average molecular weight is 270 g/mol. The molecular weight excluding hydrogens is 252 g/mol. The summed E-state index contributed by atoms with van der Waals surface area (Å²) in [5.41, 5.74) is -1.77. The molecule has 0 heterocycles. The molecule has 6 heteroatoms. The highest BCUT2D eigenvalue weighted by Gasteiger charge is 2.63. The SMILES string of the molecule is C=CCC1(C(=O)OC)C(=O)C[C@@H](C(C)O)[C@@H]1C(=O)O. The Hall–Kier alpha value is -1.69. The van der Waals surface area contributed by atoms with Crippen LogP contribution in [0.3, 0.4) is 0 Å².